The summed E-state index contributed by atoms with van der Waals surface area (Å²) >= 11 is 1.56. The highest BCUT2D eigenvalue weighted by atomic mass is 32.1. The Morgan fingerprint density at radius 2 is 2.00 bits per heavy atom. The van der Waals surface area contributed by atoms with Crippen LogP contribution in [0, 0.1) is 12.7 Å². The van der Waals surface area contributed by atoms with Gasteiger partial charge in [0.1, 0.15) is 5.82 Å². The minimum Gasteiger partial charge on any atom is -0.358 e. The number of nitrogens with one attached hydrogen (secondary N) is 2. The molecule has 0 atom stereocenters. The monoisotopic (exact) mass is 337 g/mol. The van der Waals surface area contributed by atoms with Gasteiger partial charge in [0.25, 0.3) is 0 Å². The maximum atomic E-state index is 13.6. The van der Waals surface area contributed by atoms with Gasteiger partial charge in [0.15, 0.2) is 5.13 Å². The number of benzene rings is 2. The predicted molar refractivity (Wildman–Crippen MR) is 97.9 cm³/mol. The van der Waals surface area contributed by atoms with Crippen LogP contribution >= 0.6 is 11.3 Å². The lowest BCUT2D eigenvalue weighted by molar-refractivity contribution is 0.630. The first kappa shape index (κ1) is 14.9. The van der Waals surface area contributed by atoms with Crippen LogP contribution in [0.1, 0.15) is 11.3 Å². The molecule has 0 aliphatic carbocycles. The molecule has 2 aromatic heterocycles. The van der Waals surface area contributed by atoms with Gasteiger partial charge in [-0.25, -0.2) is 9.37 Å². The molecule has 2 aromatic carbocycles. The summed E-state index contributed by atoms with van der Waals surface area (Å²) in [5.41, 5.74) is 4.96. The second-order valence-electron chi connectivity index (χ2n) is 5.69. The molecule has 0 aliphatic rings. The van der Waals surface area contributed by atoms with Crippen molar-refractivity contribution < 1.29 is 4.39 Å². The van der Waals surface area contributed by atoms with E-state index in [2.05, 4.69) is 27.4 Å². The van der Waals surface area contributed by atoms with Crippen molar-refractivity contribution in [2.75, 3.05) is 5.32 Å². The van der Waals surface area contributed by atoms with Crippen LogP contribution in [0.3, 0.4) is 0 Å². The van der Waals surface area contributed by atoms with Crippen molar-refractivity contribution in [1.82, 2.24) is 9.97 Å². The van der Waals surface area contributed by atoms with Gasteiger partial charge in [-0.3, -0.25) is 0 Å². The van der Waals surface area contributed by atoms with Crippen molar-refractivity contribution in [3.63, 3.8) is 0 Å². The lowest BCUT2D eigenvalue weighted by Gasteiger charge is -2.02. The molecule has 2 N–H and O–H groups in total. The molecule has 0 saturated carbocycles. The van der Waals surface area contributed by atoms with Crippen molar-refractivity contribution in [3.05, 3.63) is 71.0 Å². The molecule has 0 fully saturated rings. The van der Waals surface area contributed by atoms with E-state index in [4.69, 9.17) is 0 Å². The maximum Gasteiger partial charge on any atom is 0.183 e. The van der Waals surface area contributed by atoms with E-state index in [1.54, 1.807) is 23.5 Å². The molecule has 0 saturated heterocycles. The third-order valence-electron chi connectivity index (χ3n) is 4.00. The first-order valence-electron chi connectivity index (χ1n) is 7.72. The van der Waals surface area contributed by atoms with Crippen LogP contribution in [0.2, 0.25) is 0 Å². The maximum absolute atomic E-state index is 13.6. The average molecular weight is 337 g/mol. The zero-order valence-electron chi connectivity index (χ0n) is 13.1. The highest BCUT2D eigenvalue weighted by molar-refractivity contribution is 7.14. The zero-order chi connectivity index (χ0) is 16.5. The van der Waals surface area contributed by atoms with Crippen LogP contribution in [-0.2, 0) is 6.54 Å². The molecule has 5 heteroatoms. The van der Waals surface area contributed by atoms with E-state index < -0.39 is 0 Å². The topological polar surface area (TPSA) is 40.7 Å². The molecule has 0 aliphatic heterocycles. The number of halogens is 1. The van der Waals surface area contributed by atoms with Crippen molar-refractivity contribution in [2.24, 2.45) is 0 Å². The molecule has 24 heavy (non-hydrogen) atoms. The van der Waals surface area contributed by atoms with E-state index in [1.165, 1.54) is 11.6 Å². The normalized spacial score (nSPS) is 11.1. The number of rotatable bonds is 4. The number of aromatic amines is 1. The number of thiazole rings is 1. The van der Waals surface area contributed by atoms with Crippen molar-refractivity contribution in [1.29, 1.82) is 0 Å². The van der Waals surface area contributed by atoms with Crippen LogP contribution in [-0.4, -0.2) is 9.97 Å². The molecule has 4 rings (SSSR count). The number of aryl methyl sites for hydroxylation is 1. The number of hydrogen-bond donors (Lipinski definition) is 2. The first-order valence-corrected chi connectivity index (χ1v) is 8.60. The predicted octanol–water partition coefficient (Wildman–Crippen LogP) is 5.35. The molecule has 0 amide bonds. The van der Waals surface area contributed by atoms with E-state index in [0.29, 0.717) is 0 Å². The summed E-state index contributed by atoms with van der Waals surface area (Å²) in [6.45, 7) is 2.72. The summed E-state index contributed by atoms with van der Waals surface area (Å²) in [4.78, 5) is 7.97. The Morgan fingerprint density at radius 1 is 1.17 bits per heavy atom. The summed E-state index contributed by atoms with van der Waals surface area (Å²) < 4.78 is 13.6. The zero-order valence-corrected chi connectivity index (χ0v) is 14.0. The number of hydrogen-bond acceptors (Lipinski definition) is 3. The minimum atomic E-state index is -0.236. The number of anilines is 1. The summed E-state index contributed by atoms with van der Waals surface area (Å²) in [5, 5.41) is 7.08. The fourth-order valence-electron chi connectivity index (χ4n) is 2.87. The fourth-order valence-corrected chi connectivity index (χ4v) is 3.57. The van der Waals surface area contributed by atoms with Crippen LogP contribution in [0.25, 0.3) is 22.2 Å². The number of H-pyrrole nitrogens is 1. The largest absolute Gasteiger partial charge is 0.358 e. The minimum absolute atomic E-state index is 0.236. The van der Waals surface area contributed by atoms with Gasteiger partial charge in [0, 0.05) is 34.1 Å². The highest BCUT2D eigenvalue weighted by Gasteiger charge is 2.14. The van der Waals surface area contributed by atoms with Gasteiger partial charge in [0.2, 0.25) is 0 Å². The quantitative estimate of drug-likeness (QED) is 0.527. The summed E-state index contributed by atoms with van der Waals surface area (Å²) in [6, 6.07) is 15.0. The van der Waals surface area contributed by atoms with Crippen LogP contribution in [0.4, 0.5) is 9.52 Å². The van der Waals surface area contributed by atoms with Crippen LogP contribution < -0.4 is 5.32 Å². The van der Waals surface area contributed by atoms with E-state index >= 15 is 0 Å². The van der Waals surface area contributed by atoms with E-state index in [9.17, 15) is 4.39 Å². The van der Waals surface area contributed by atoms with Gasteiger partial charge in [-0.05, 0) is 30.7 Å². The Bertz CT molecular complexity index is 988. The standard InChI is InChI=1S/C19H16FN3S/c1-12-18(15-9-14(20)7-8-16(15)22-12)17-11-24-19(23-17)21-10-13-5-3-2-4-6-13/h2-9,11,22H,10H2,1H3,(H,21,23). The second kappa shape index (κ2) is 6.09. The van der Waals surface area contributed by atoms with Crippen LogP contribution in [0.5, 0.6) is 0 Å². The van der Waals surface area contributed by atoms with Gasteiger partial charge < -0.3 is 10.3 Å². The SMILES string of the molecule is Cc1[nH]c2ccc(F)cc2c1-c1csc(NCc2ccccc2)n1. The van der Waals surface area contributed by atoms with Crippen LogP contribution in [0.15, 0.2) is 53.9 Å². The smallest absolute Gasteiger partial charge is 0.183 e. The molecule has 2 heterocycles. The summed E-state index contributed by atoms with van der Waals surface area (Å²) in [6.07, 6.45) is 0. The number of nitrogens with zero attached hydrogens (tertiary/aromatic N) is 1. The Kier molecular flexibility index (Phi) is 3.78. The summed E-state index contributed by atoms with van der Waals surface area (Å²) in [5.74, 6) is -0.236. The Labute approximate surface area is 143 Å². The van der Waals surface area contributed by atoms with E-state index in [0.717, 1.165) is 39.5 Å². The van der Waals surface area contributed by atoms with E-state index in [1.807, 2.05) is 30.5 Å². The highest BCUT2D eigenvalue weighted by Crippen LogP contribution is 2.34. The van der Waals surface area contributed by atoms with Gasteiger partial charge in [-0.2, -0.15) is 0 Å². The first-order chi connectivity index (χ1) is 11.7. The molecule has 120 valence electrons. The second-order valence-corrected chi connectivity index (χ2v) is 6.55. The molecule has 0 spiro atoms. The van der Waals surface area contributed by atoms with Crippen molar-refractivity contribution >= 4 is 27.4 Å². The van der Waals surface area contributed by atoms with E-state index in [-0.39, 0.29) is 5.82 Å². The lowest BCUT2D eigenvalue weighted by Crippen LogP contribution is -1.98. The third-order valence-corrected chi connectivity index (χ3v) is 4.80. The molecule has 0 radical (unpaired) electrons. The number of fused-ring (bicyclic) bond motifs is 1. The Morgan fingerprint density at radius 3 is 2.83 bits per heavy atom. The molecule has 0 unspecified atom stereocenters. The number of aromatic nitrogens is 2. The molecule has 3 nitrogen and oxygen atoms in total. The van der Waals surface area contributed by atoms with Crippen molar-refractivity contribution in [3.8, 4) is 11.3 Å². The summed E-state index contributed by atoms with van der Waals surface area (Å²) in [7, 11) is 0. The Hall–Kier alpha value is -2.66. The Balaban J connectivity index is 1.63. The van der Waals surface area contributed by atoms with Crippen molar-refractivity contribution in [2.45, 2.75) is 13.5 Å². The fraction of sp³-hybridized carbons (Fsp3) is 0.105. The molecule has 0 bridgehead atoms. The molecular formula is C19H16FN3S. The van der Waals surface area contributed by atoms with Gasteiger partial charge >= 0.3 is 0 Å². The average Bonchev–Trinajstić information content (AvgIpc) is 3.17. The molecular weight excluding hydrogens is 321 g/mol. The van der Waals surface area contributed by atoms with Gasteiger partial charge in [0.05, 0.1) is 5.69 Å². The lowest BCUT2D eigenvalue weighted by atomic mass is 10.1. The van der Waals surface area contributed by atoms with Gasteiger partial charge in [-0.15, -0.1) is 11.3 Å². The van der Waals surface area contributed by atoms with Gasteiger partial charge in [-0.1, -0.05) is 30.3 Å². The third kappa shape index (κ3) is 2.78. The molecule has 4 aromatic rings.